The van der Waals surface area contributed by atoms with Gasteiger partial charge in [0.2, 0.25) is 0 Å². The first kappa shape index (κ1) is 11.8. The number of carboxylic acids is 1. The van der Waals surface area contributed by atoms with E-state index in [1.807, 2.05) is 0 Å². The van der Waals surface area contributed by atoms with Gasteiger partial charge in [0, 0.05) is 6.04 Å². The molecule has 0 radical (unpaired) electrons. The average Bonchev–Trinajstić information content (AvgIpc) is 2.92. The Bertz CT molecular complexity index is 430. The molecule has 0 amide bonds. The normalized spacial score (nSPS) is 26.9. The van der Waals surface area contributed by atoms with Crippen LogP contribution in [0.25, 0.3) is 0 Å². The number of hydrogen-bond donors (Lipinski definition) is 2. The number of anilines is 1. The van der Waals surface area contributed by atoms with Crippen LogP contribution in [0.1, 0.15) is 37.7 Å². The Morgan fingerprint density at radius 3 is 2.65 bits per heavy atom. The van der Waals surface area contributed by atoms with E-state index in [1.165, 1.54) is 6.07 Å². The topological polar surface area (TPSA) is 75.1 Å². The van der Waals surface area contributed by atoms with Crippen molar-refractivity contribution in [2.24, 2.45) is 11.3 Å². The molecule has 0 aliphatic heterocycles. The number of carboxylic acid groups (broad SMARTS) is 1. The molecule has 2 rings (SSSR count). The standard InChI is InChI=1S/C12H17N3O2/c1-7(2)12(3)6-9(12)13-10-5-4-8(11(16)17)14-15-10/h4-5,7,9H,6H2,1-3H3,(H,13,15)(H,16,17). The van der Waals surface area contributed by atoms with Crippen LogP contribution in [0.5, 0.6) is 0 Å². The summed E-state index contributed by atoms with van der Waals surface area (Å²) < 4.78 is 0. The van der Waals surface area contributed by atoms with Crippen LogP contribution < -0.4 is 5.32 Å². The zero-order chi connectivity index (χ0) is 12.6. The first-order chi connectivity index (χ1) is 7.93. The highest BCUT2D eigenvalue weighted by Crippen LogP contribution is 2.52. The van der Waals surface area contributed by atoms with E-state index < -0.39 is 5.97 Å². The number of nitrogens with one attached hydrogen (secondary N) is 1. The molecular formula is C12H17N3O2. The zero-order valence-corrected chi connectivity index (χ0v) is 10.3. The monoisotopic (exact) mass is 235 g/mol. The lowest BCUT2D eigenvalue weighted by Gasteiger charge is -2.16. The summed E-state index contributed by atoms with van der Waals surface area (Å²) >= 11 is 0. The molecule has 2 atom stereocenters. The summed E-state index contributed by atoms with van der Waals surface area (Å²) in [5, 5.41) is 19.5. The molecule has 1 aromatic rings. The van der Waals surface area contributed by atoms with Gasteiger partial charge in [0.25, 0.3) is 0 Å². The van der Waals surface area contributed by atoms with E-state index in [4.69, 9.17) is 5.11 Å². The van der Waals surface area contributed by atoms with Gasteiger partial charge in [-0.25, -0.2) is 4.79 Å². The number of aromatic nitrogens is 2. The van der Waals surface area contributed by atoms with E-state index in [9.17, 15) is 4.79 Å². The fourth-order valence-electron chi connectivity index (χ4n) is 1.94. The van der Waals surface area contributed by atoms with Crippen molar-refractivity contribution in [1.29, 1.82) is 0 Å². The van der Waals surface area contributed by atoms with Crippen LogP contribution >= 0.6 is 0 Å². The van der Waals surface area contributed by atoms with Crippen LogP contribution in [0.2, 0.25) is 0 Å². The first-order valence-electron chi connectivity index (χ1n) is 5.77. The largest absolute Gasteiger partial charge is 0.476 e. The number of carbonyl (C=O) groups is 1. The summed E-state index contributed by atoms with van der Waals surface area (Å²) in [5.74, 6) is 0.207. The molecule has 5 nitrogen and oxygen atoms in total. The van der Waals surface area contributed by atoms with E-state index in [1.54, 1.807) is 6.07 Å². The maximum atomic E-state index is 10.6. The van der Waals surface area contributed by atoms with Gasteiger partial charge in [0.1, 0.15) is 5.82 Å². The second-order valence-corrected chi connectivity index (χ2v) is 5.17. The van der Waals surface area contributed by atoms with Gasteiger partial charge < -0.3 is 10.4 Å². The molecule has 1 aliphatic carbocycles. The molecule has 0 saturated heterocycles. The zero-order valence-electron chi connectivity index (χ0n) is 10.3. The van der Waals surface area contributed by atoms with E-state index in [0.717, 1.165) is 6.42 Å². The van der Waals surface area contributed by atoms with Crippen molar-refractivity contribution >= 4 is 11.8 Å². The quantitative estimate of drug-likeness (QED) is 0.835. The molecular weight excluding hydrogens is 218 g/mol. The Kier molecular flexibility index (Phi) is 2.77. The molecule has 0 aromatic carbocycles. The SMILES string of the molecule is CC(C)C1(C)CC1Nc1ccc(C(=O)O)nn1. The van der Waals surface area contributed by atoms with Crippen LogP contribution in [0.15, 0.2) is 12.1 Å². The van der Waals surface area contributed by atoms with Crippen LogP contribution in [0.4, 0.5) is 5.82 Å². The van der Waals surface area contributed by atoms with E-state index in [0.29, 0.717) is 23.2 Å². The Morgan fingerprint density at radius 1 is 1.53 bits per heavy atom. The van der Waals surface area contributed by atoms with E-state index in [-0.39, 0.29) is 5.69 Å². The average molecular weight is 235 g/mol. The fraction of sp³-hybridized carbons (Fsp3) is 0.583. The Balaban J connectivity index is 2.00. The predicted molar refractivity (Wildman–Crippen MR) is 64.0 cm³/mol. The van der Waals surface area contributed by atoms with Gasteiger partial charge in [0.05, 0.1) is 0 Å². The first-order valence-corrected chi connectivity index (χ1v) is 5.77. The maximum absolute atomic E-state index is 10.6. The summed E-state index contributed by atoms with van der Waals surface area (Å²) in [6, 6.07) is 3.54. The van der Waals surface area contributed by atoms with Crippen molar-refractivity contribution in [2.75, 3.05) is 5.32 Å². The third-order valence-corrected chi connectivity index (χ3v) is 3.80. The minimum Gasteiger partial charge on any atom is -0.476 e. The smallest absolute Gasteiger partial charge is 0.356 e. The summed E-state index contributed by atoms with van der Waals surface area (Å²) in [7, 11) is 0. The van der Waals surface area contributed by atoms with Gasteiger partial charge >= 0.3 is 5.97 Å². The molecule has 1 aromatic heterocycles. The van der Waals surface area contributed by atoms with Crippen molar-refractivity contribution in [1.82, 2.24) is 10.2 Å². The Labute approximate surface area is 100 Å². The van der Waals surface area contributed by atoms with Crippen molar-refractivity contribution in [3.05, 3.63) is 17.8 Å². The second-order valence-electron chi connectivity index (χ2n) is 5.17. The molecule has 92 valence electrons. The summed E-state index contributed by atoms with van der Waals surface area (Å²) in [6.07, 6.45) is 1.12. The number of aromatic carboxylic acids is 1. The molecule has 5 heteroatoms. The van der Waals surface area contributed by atoms with Gasteiger partial charge in [0.15, 0.2) is 5.69 Å². The van der Waals surface area contributed by atoms with Crippen molar-refractivity contribution in [2.45, 2.75) is 33.2 Å². The van der Waals surface area contributed by atoms with Crippen LogP contribution in [-0.4, -0.2) is 27.3 Å². The van der Waals surface area contributed by atoms with Gasteiger partial charge in [-0.15, -0.1) is 10.2 Å². The molecule has 2 unspecified atom stereocenters. The lowest BCUT2D eigenvalue weighted by atomic mass is 9.94. The fourth-order valence-corrected chi connectivity index (χ4v) is 1.94. The number of nitrogens with zero attached hydrogens (tertiary/aromatic N) is 2. The molecule has 1 fully saturated rings. The molecule has 1 saturated carbocycles. The van der Waals surface area contributed by atoms with Crippen molar-refractivity contribution < 1.29 is 9.90 Å². The minimum absolute atomic E-state index is 0.0297. The minimum atomic E-state index is -1.05. The van der Waals surface area contributed by atoms with Crippen molar-refractivity contribution in [3.8, 4) is 0 Å². The Morgan fingerprint density at radius 2 is 2.24 bits per heavy atom. The third kappa shape index (κ3) is 2.23. The predicted octanol–water partition coefficient (Wildman–Crippen LogP) is 2.02. The summed E-state index contributed by atoms with van der Waals surface area (Å²) in [4.78, 5) is 10.6. The molecule has 2 N–H and O–H groups in total. The highest BCUT2D eigenvalue weighted by atomic mass is 16.4. The van der Waals surface area contributed by atoms with Crippen LogP contribution in [0.3, 0.4) is 0 Å². The summed E-state index contributed by atoms with van der Waals surface area (Å²) in [5.41, 5.74) is 0.283. The molecule has 1 heterocycles. The molecule has 1 aliphatic rings. The van der Waals surface area contributed by atoms with Gasteiger partial charge in [-0.05, 0) is 29.9 Å². The molecule has 0 bridgehead atoms. The molecule has 17 heavy (non-hydrogen) atoms. The van der Waals surface area contributed by atoms with Crippen LogP contribution in [0, 0.1) is 11.3 Å². The van der Waals surface area contributed by atoms with Crippen molar-refractivity contribution in [3.63, 3.8) is 0 Å². The van der Waals surface area contributed by atoms with Gasteiger partial charge in [-0.2, -0.15) is 0 Å². The maximum Gasteiger partial charge on any atom is 0.356 e. The summed E-state index contributed by atoms with van der Waals surface area (Å²) in [6.45, 7) is 6.66. The third-order valence-electron chi connectivity index (χ3n) is 3.80. The highest BCUT2D eigenvalue weighted by molar-refractivity contribution is 5.85. The highest BCUT2D eigenvalue weighted by Gasteiger charge is 2.52. The lowest BCUT2D eigenvalue weighted by molar-refractivity contribution is 0.0689. The molecule has 0 spiro atoms. The van der Waals surface area contributed by atoms with Gasteiger partial charge in [-0.3, -0.25) is 0 Å². The van der Waals surface area contributed by atoms with E-state index >= 15 is 0 Å². The van der Waals surface area contributed by atoms with Crippen LogP contribution in [-0.2, 0) is 0 Å². The number of rotatable bonds is 4. The Hall–Kier alpha value is -1.65. The van der Waals surface area contributed by atoms with E-state index in [2.05, 4.69) is 36.3 Å². The second kappa shape index (κ2) is 3.98. The van der Waals surface area contributed by atoms with Gasteiger partial charge in [-0.1, -0.05) is 20.8 Å². The lowest BCUT2D eigenvalue weighted by Crippen LogP contribution is -2.17. The number of hydrogen-bond acceptors (Lipinski definition) is 4.